The minimum atomic E-state index is 0.632. The van der Waals surface area contributed by atoms with E-state index in [9.17, 15) is 0 Å². The van der Waals surface area contributed by atoms with Crippen LogP contribution in [0.15, 0.2) is 0 Å². The van der Waals surface area contributed by atoms with E-state index >= 15 is 0 Å². The van der Waals surface area contributed by atoms with Crippen molar-refractivity contribution in [3.63, 3.8) is 0 Å². The van der Waals surface area contributed by atoms with Crippen molar-refractivity contribution in [2.24, 2.45) is 5.92 Å². The van der Waals surface area contributed by atoms with Crippen LogP contribution in [0.25, 0.3) is 0 Å². The van der Waals surface area contributed by atoms with Crippen LogP contribution in [-0.2, 0) is 12.8 Å². The maximum Gasteiger partial charge on any atom is 0.132 e. The van der Waals surface area contributed by atoms with E-state index in [1.54, 1.807) is 0 Å². The summed E-state index contributed by atoms with van der Waals surface area (Å²) in [4.78, 5) is 9.19. The van der Waals surface area contributed by atoms with Crippen molar-refractivity contribution in [2.45, 2.75) is 47.0 Å². The molecular weight excluding hydrogens is 198 g/mol. The second kappa shape index (κ2) is 5.83. The summed E-state index contributed by atoms with van der Waals surface area (Å²) < 4.78 is 0. The normalized spacial score (nSPS) is 10.9. The van der Waals surface area contributed by atoms with Gasteiger partial charge < -0.3 is 5.32 Å². The Kier molecular flexibility index (Phi) is 4.71. The van der Waals surface area contributed by atoms with Crippen molar-refractivity contribution in [1.29, 1.82) is 0 Å². The average molecular weight is 221 g/mol. The Morgan fingerprint density at radius 2 is 1.94 bits per heavy atom. The first-order chi connectivity index (χ1) is 7.58. The highest BCUT2D eigenvalue weighted by atomic mass is 15.0. The Bertz CT molecular complexity index is 345. The zero-order chi connectivity index (χ0) is 12.1. The summed E-state index contributed by atoms with van der Waals surface area (Å²) in [7, 11) is 1.92. The monoisotopic (exact) mass is 221 g/mol. The summed E-state index contributed by atoms with van der Waals surface area (Å²) in [5, 5.41) is 3.16. The fraction of sp³-hybridized carbons (Fsp3) is 0.692. The predicted molar refractivity (Wildman–Crippen MR) is 68.9 cm³/mol. The number of anilines is 1. The van der Waals surface area contributed by atoms with Crippen molar-refractivity contribution in [1.82, 2.24) is 9.97 Å². The van der Waals surface area contributed by atoms with Crippen LogP contribution < -0.4 is 5.32 Å². The fourth-order valence-corrected chi connectivity index (χ4v) is 1.78. The number of aryl methyl sites for hydroxylation is 1. The molecule has 0 spiro atoms. The van der Waals surface area contributed by atoms with Gasteiger partial charge in [0.25, 0.3) is 0 Å². The van der Waals surface area contributed by atoms with Crippen LogP contribution in [0.5, 0.6) is 0 Å². The maximum absolute atomic E-state index is 4.66. The molecule has 16 heavy (non-hydrogen) atoms. The molecule has 0 aliphatic carbocycles. The Morgan fingerprint density at radius 3 is 2.44 bits per heavy atom. The molecule has 1 N–H and O–H groups in total. The highest BCUT2D eigenvalue weighted by Gasteiger charge is 2.10. The number of rotatable bonds is 5. The average Bonchev–Trinajstić information content (AvgIpc) is 2.22. The van der Waals surface area contributed by atoms with E-state index in [0.717, 1.165) is 30.9 Å². The second-order valence-corrected chi connectivity index (χ2v) is 4.66. The molecule has 90 valence electrons. The Hall–Kier alpha value is -1.12. The summed E-state index contributed by atoms with van der Waals surface area (Å²) >= 11 is 0. The van der Waals surface area contributed by atoms with Gasteiger partial charge in [-0.2, -0.15) is 0 Å². The fourth-order valence-electron chi connectivity index (χ4n) is 1.78. The van der Waals surface area contributed by atoms with E-state index in [0.29, 0.717) is 5.92 Å². The quantitative estimate of drug-likeness (QED) is 0.830. The molecule has 0 aliphatic heterocycles. The first-order valence-corrected chi connectivity index (χ1v) is 6.12. The smallest absolute Gasteiger partial charge is 0.132 e. The third-order valence-corrected chi connectivity index (χ3v) is 2.60. The van der Waals surface area contributed by atoms with Crippen molar-refractivity contribution < 1.29 is 0 Å². The first-order valence-electron chi connectivity index (χ1n) is 6.12. The molecule has 3 heteroatoms. The van der Waals surface area contributed by atoms with Gasteiger partial charge in [-0.25, -0.2) is 9.97 Å². The zero-order valence-electron chi connectivity index (χ0n) is 11.1. The number of aromatic nitrogens is 2. The number of hydrogen-bond acceptors (Lipinski definition) is 3. The lowest BCUT2D eigenvalue weighted by Crippen LogP contribution is -2.09. The molecule has 0 saturated carbocycles. The van der Waals surface area contributed by atoms with Crippen LogP contribution in [0.2, 0.25) is 0 Å². The van der Waals surface area contributed by atoms with Gasteiger partial charge in [0.2, 0.25) is 0 Å². The van der Waals surface area contributed by atoms with Crippen LogP contribution >= 0.6 is 0 Å². The number of nitrogens with one attached hydrogen (secondary N) is 1. The summed E-state index contributed by atoms with van der Waals surface area (Å²) in [5.41, 5.74) is 2.38. The van der Waals surface area contributed by atoms with Gasteiger partial charge in [-0.15, -0.1) is 0 Å². The molecule has 1 heterocycles. The summed E-state index contributed by atoms with van der Waals surface area (Å²) in [5.74, 6) is 2.58. The highest BCUT2D eigenvalue weighted by Crippen LogP contribution is 2.18. The maximum atomic E-state index is 4.66. The number of nitrogens with zero attached hydrogens (tertiary/aromatic N) is 2. The van der Waals surface area contributed by atoms with Crippen molar-refractivity contribution in [3.8, 4) is 0 Å². The molecule has 0 bridgehead atoms. The van der Waals surface area contributed by atoms with Gasteiger partial charge >= 0.3 is 0 Å². The third-order valence-electron chi connectivity index (χ3n) is 2.60. The van der Waals surface area contributed by atoms with Gasteiger partial charge in [-0.1, -0.05) is 20.8 Å². The Balaban J connectivity index is 3.08. The summed E-state index contributed by atoms with van der Waals surface area (Å²) in [6.07, 6.45) is 3.08. The molecule has 0 amide bonds. The Morgan fingerprint density at radius 1 is 1.25 bits per heavy atom. The van der Waals surface area contributed by atoms with Crippen LogP contribution in [0.1, 0.15) is 44.3 Å². The van der Waals surface area contributed by atoms with Gasteiger partial charge in [0.1, 0.15) is 11.6 Å². The predicted octanol–water partition coefficient (Wildman–Crippen LogP) is 2.98. The van der Waals surface area contributed by atoms with E-state index < -0.39 is 0 Å². The standard InChI is InChI=1S/C13H23N3/c1-6-7-12-15-11(8-9(2)3)10(4)13(14-5)16-12/h9H,6-8H2,1-5H3,(H,14,15,16). The molecule has 0 unspecified atom stereocenters. The largest absolute Gasteiger partial charge is 0.373 e. The van der Waals surface area contributed by atoms with Crippen LogP contribution in [0.4, 0.5) is 5.82 Å². The lowest BCUT2D eigenvalue weighted by molar-refractivity contribution is 0.626. The lowest BCUT2D eigenvalue weighted by Gasteiger charge is -2.13. The van der Waals surface area contributed by atoms with Gasteiger partial charge in [-0.3, -0.25) is 0 Å². The topological polar surface area (TPSA) is 37.8 Å². The van der Waals surface area contributed by atoms with Crippen LogP contribution in [0, 0.1) is 12.8 Å². The SMILES string of the molecule is CCCc1nc(CC(C)C)c(C)c(NC)n1. The second-order valence-electron chi connectivity index (χ2n) is 4.66. The molecule has 1 aromatic heterocycles. The van der Waals surface area contributed by atoms with Crippen molar-refractivity contribution in [2.75, 3.05) is 12.4 Å². The van der Waals surface area contributed by atoms with Crippen molar-refractivity contribution in [3.05, 3.63) is 17.1 Å². The minimum Gasteiger partial charge on any atom is -0.373 e. The van der Waals surface area contributed by atoms with Crippen molar-refractivity contribution >= 4 is 5.82 Å². The molecule has 0 radical (unpaired) electrons. The van der Waals surface area contributed by atoms with E-state index in [4.69, 9.17) is 0 Å². The van der Waals surface area contributed by atoms with Crippen LogP contribution in [0.3, 0.4) is 0 Å². The van der Waals surface area contributed by atoms with E-state index in [1.807, 2.05) is 7.05 Å². The van der Waals surface area contributed by atoms with Crippen LogP contribution in [-0.4, -0.2) is 17.0 Å². The number of hydrogen-bond donors (Lipinski definition) is 1. The molecule has 1 aromatic rings. The molecule has 0 saturated heterocycles. The van der Waals surface area contributed by atoms with E-state index in [1.165, 1.54) is 11.3 Å². The molecule has 0 aliphatic rings. The summed E-state index contributed by atoms with van der Waals surface area (Å²) in [6, 6.07) is 0. The zero-order valence-corrected chi connectivity index (χ0v) is 11.1. The van der Waals surface area contributed by atoms with Gasteiger partial charge in [0.15, 0.2) is 0 Å². The Labute approximate surface area is 98.7 Å². The van der Waals surface area contributed by atoms with E-state index in [2.05, 4.69) is 43.0 Å². The van der Waals surface area contributed by atoms with Gasteiger partial charge in [-0.05, 0) is 25.7 Å². The third kappa shape index (κ3) is 3.19. The van der Waals surface area contributed by atoms with Gasteiger partial charge in [0.05, 0.1) is 0 Å². The molecule has 0 fully saturated rings. The molecule has 0 atom stereocenters. The first kappa shape index (κ1) is 12.9. The lowest BCUT2D eigenvalue weighted by atomic mass is 10.0. The van der Waals surface area contributed by atoms with Gasteiger partial charge in [0, 0.05) is 24.7 Å². The molecule has 0 aromatic carbocycles. The molecule has 3 nitrogen and oxygen atoms in total. The molecular formula is C13H23N3. The summed E-state index contributed by atoms with van der Waals surface area (Å²) in [6.45, 7) is 8.70. The minimum absolute atomic E-state index is 0.632. The van der Waals surface area contributed by atoms with E-state index in [-0.39, 0.29) is 0 Å². The molecule has 1 rings (SSSR count). The highest BCUT2D eigenvalue weighted by molar-refractivity contribution is 5.45.